The van der Waals surface area contributed by atoms with Gasteiger partial charge in [-0.1, -0.05) is 0 Å². The molecule has 0 aromatic heterocycles. The summed E-state index contributed by atoms with van der Waals surface area (Å²) in [7, 11) is 0. The van der Waals surface area contributed by atoms with Crippen molar-refractivity contribution in [1.82, 2.24) is 0 Å². The molecular weight excluding hydrogens is 232 g/mol. The Morgan fingerprint density at radius 1 is 0.750 bits per heavy atom. The van der Waals surface area contributed by atoms with Crippen LogP contribution in [0.5, 0.6) is 0 Å². The van der Waals surface area contributed by atoms with E-state index in [-0.39, 0.29) is 67.1 Å². The Bertz CT molecular complexity index is 6.00. The van der Waals surface area contributed by atoms with Crippen LogP contribution in [-0.2, 0) is 67.1 Å². The summed E-state index contributed by atoms with van der Waals surface area (Å²) in [6.07, 6.45) is 0. The summed E-state index contributed by atoms with van der Waals surface area (Å²) < 4.78 is 0. The Kier molecular flexibility index (Phi) is 184. The quantitative estimate of drug-likeness (QED) is 0.515. The van der Waals surface area contributed by atoms with Crippen LogP contribution in [0.1, 0.15) is 0 Å². The topological polar surface area (TPSA) is 0 Å². The molecule has 36 valence electrons. The predicted octanol–water partition coefficient (Wildman–Crippen LogP) is -0.0100. The second-order valence-corrected chi connectivity index (χ2v) is 0. The molecule has 0 amide bonds. The van der Waals surface area contributed by atoms with Gasteiger partial charge in [-0.2, -0.15) is 0 Å². The summed E-state index contributed by atoms with van der Waals surface area (Å²) in [4.78, 5) is 0. The third kappa shape index (κ3) is 8.98. The molecule has 0 heterocycles. The third-order valence-electron chi connectivity index (χ3n) is 0. The van der Waals surface area contributed by atoms with Gasteiger partial charge in [0.15, 0.2) is 0 Å². The van der Waals surface area contributed by atoms with Crippen molar-refractivity contribution in [3.05, 3.63) is 0 Å². The molecule has 0 saturated carbocycles. The molecule has 0 nitrogen and oxygen atoms in total. The molecule has 0 aromatic carbocycles. The van der Waals surface area contributed by atoms with Crippen LogP contribution in [0.4, 0.5) is 0 Å². The Morgan fingerprint density at radius 2 is 0.750 bits per heavy atom. The van der Waals surface area contributed by atoms with E-state index in [1.165, 1.54) is 0 Å². The van der Waals surface area contributed by atoms with Gasteiger partial charge in [0.2, 0.25) is 0 Å². The maximum Gasteiger partial charge on any atom is 0 e. The van der Waals surface area contributed by atoms with E-state index in [1.54, 1.807) is 0 Å². The first-order valence-electron chi connectivity index (χ1n) is 0. The van der Waals surface area contributed by atoms with Gasteiger partial charge in [0.05, 0.1) is 0 Å². The van der Waals surface area contributed by atoms with Crippen molar-refractivity contribution in [2.75, 3.05) is 0 Å². The second kappa shape index (κ2) is 19.8. The summed E-state index contributed by atoms with van der Waals surface area (Å²) in [5, 5.41) is 0. The molecule has 4 heavy (non-hydrogen) atoms. The van der Waals surface area contributed by atoms with Crippen molar-refractivity contribution < 1.29 is 67.1 Å². The van der Waals surface area contributed by atoms with Crippen LogP contribution in [0, 0.1) is 0 Å². The van der Waals surface area contributed by atoms with E-state index >= 15 is 0 Å². The van der Waals surface area contributed by atoms with Gasteiger partial charge in [-0.25, -0.2) is 0 Å². The fraction of sp³-hybridized carbons (Fsp3) is 0. The molecule has 2 radical (unpaired) electrons. The van der Waals surface area contributed by atoms with Crippen LogP contribution in [0.3, 0.4) is 0 Å². The fourth-order valence-electron chi connectivity index (χ4n) is 0. The van der Waals surface area contributed by atoms with Crippen molar-refractivity contribution in [1.29, 1.82) is 0 Å². The minimum atomic E-state index is 0. The first-order valence-corrected chi connectivity index (χ1v) is 0. The van der Waals surface area contributed by atoms with E-state index < -0.39 is 0 Å². The SMILES string of the molecule is [Co].[Co].[Fe].[Ni]. The van der Waals surface area contributed by atoms with E-state index in [2.05, 4.69) is 0 Å². The summed E-state index contributed by atoms with van der Waals surface area (Å²) in [6, 6.07) is 0. The van der Waals surface area contributed by atoms with Gasteiger partial charge in [-0.15, -0.1) is 0 Å². The van der Waals surface area contributed by atoms with Gasteiger partial charge in [0, 0.05) is 67.1 Å². The van der Waals surface area contributed by atoms with E-state index in [0.29, 0.717) is 0 Å². The first-order chi connectivity index (χ1) is 0. The molecule has 0 aliphatic rings. The van der Waals surface area contributed by atoms with Gasteiger partial charge < -0.3 is 0 Å². The number of rotatable bonds is 0. The number of hydrogen-bond donors (Lipinski definition) is 0. The molecule has 0 fully saturated rings. The molecule has 0 aliphatic carbocycles. The molecule has 0 rings (SSSR count). The van der Waals surface area contributed by atoms with E-state index in [9.17, 15) is 0 Å². The maximum atomic E-state index is 0. The standard InChI is InChI=1S/2Co.Fe.Ni. The molecule has 4 heteroatoms. The van der Waals surface area contributed by atoms with Gasteiger partial charge in [0.1, 0.15) is 0 Å². The average Bonchev–Trinajstić information content (AvgIpc) is 0. The summed E-state index contributed by atoms with van der Waals surface area (Å²) in [5.74, 6) is 0. The first kappa shape index (κ1) is 37.1. The molecule has 0 saturated heterocycles. The van der Waals surface area contributed by atoms with Crippen LogP contribution in [0.15, 0.2) is 0 Å². The summed E-state index contributed by atoms with van der Waals surface area (Å²) in [5.41, 5.74) is 0. The minimum Gasteiger partial charge on any atom is 0 e. The van der Waals surface area contributed by atoms with Crippen LogP contribution >= 0.6 is 0 Å². The smallest absolute Gasteiger partial charge is 0 e. The molecule has 0 aliphatic heterocycles. The largest absolute Gasteiger partial charge is 0 e. The van der Waals surface area contributed by atoms with Gasteiger partial charge >= 0.3 is 0 Å². The summed E-state index contributed by atoms with van der Waals surface area (Å²) >= 11 is 0. The number of hydrogen-bond acceptors (Lipinski definition) is 0. The average molecular weight is 232 g/mol. The van der Waals surface area contributed by atoms with E-state index in [0.717, 1.165) is 0 Å². The van der Waals surface area contributed by atoms with Crippen molar-refractivity contribution in [2.24, 2.45) is 0 Å². The molecule has 0 N–H and O–H groups in total. The van der Waals surface area contributed by atoms with Crippen LogP contribution in [0.25, 0.3) is 0 Å². The van der Waals surface area contributed by atoms with Gasteiger partial charge in [-0.05, 0) is 0 Å². The van der Waals surface area contributed by atoms with Gasteiger partial charge in [0.25, 0.3) is 0 Å². The fourth-order valence-corrected chi connectivity index (χ4v) is 0. The minimum absolute atomic E-state index is 0. The van der Waals surface area contributed by atoms with Gasteiger partial charge in [-0.3, -0.25) is 0 Å². The Labute approximate surface area is 66.7 Å². The Hall–Kier alpha value is 2.03. The van der Waals surface area contributed by atoms with Crippen molar-refractivity contribution in [3.63, 3.8) is 0 Å². The summed E-state index contributed by atoms with van der Waals surface area (Å²) in [6.45, 7) is 0. The predicted molar refractivity (Wildman–Crippen MR) is 0 cm³/mol. The molecule has 0 atom stereocenters. The second-order valence-electron chi connectivity index (χ2n) is 0. The van der Waals surface area contributed by atoms with Crippen molar-refractivity contribution >= 4 is 0 Å². The maximum absolute atomic E-state index is 0. The molecule has 0 bridgehead atoms. The zero-order chi connectivity index (χ0) is 0. The molecule has 0 spiro atoms. The van der Waals surface area contributed by atoms with E-state index in [1.807, 2.05) is 0 Å². The van der Waals surface area contributed by atoms with Crippen LogP contribution in [-0.4, -0.2) is 0 Å². The Morgan fingerprint density at radius 3 is 0.750 bits per heavy atom. The van der Waals surface area contributed by atoms with Crippen LogP contribution in [0.2, 0.25) is 0 Å². The third-order valence-corrected chi connectivity index (χ3v) is 0. The van der Waals surface area contributed by atoms with Crippen molar-refractivity contribution in [2.45, 2.75) is 0 Å². The zero-order valence-corrected chi connectivity index (χ0v) is 5.51. The van der Waals surface area contributed by atoms with Crippen LogP contribution < -0.4 is 0 Å². The molecule has 0 aromatic rings. The van der Waals surface area contributed by atoms with E-state index in [4.69, 9.17) is 0 Å². The monoisotopic (exact) mass is 232 g/mol. The zero-order valence-electron chi connectivity index (χ0n) is 1.34. The van der Waals surface area contributed by atoms with Crippen molar-refractivity contribution in [3.8, 4) is 0 Å². The normalized spacial score (nSPS) is 0. The molecule has 0 unspecified atom stereocenters. The molecular formula is Co2FeNi. The Balaban J connectivity index is 0.